The van der Waals surface area contributed by atoms with Gasteiger partial charge in [-0.1, -0.05) is 36.8 Å². The Kier molecular flexibility index (Phi) is 4.76. The molecule has 0 spiro atoms. The zero-order valence-corrected chi connectivity index (χ0v) is 12.9. The van der Waals surface area contributed by atoms with Crippen molar-refractivity contribution in [2.24, 2.45) is 0 Å². The Bertz CT molecular complexity index is 581. The van der Waals surface area contributed by atoms with Gasteiger partial charge >= 0.3 is 0 Å². The van der Waals surface area contributed by atoms with Gasteiger partial charge in [0.25, 0.3) is 0 Å². The Morgan fingerprint density at radius 3 is 2.81 bits per heavy atom. The summed E-state index contributed by atoms with van der Waals surface area (Å²) in [4.78, 5) is 2.60. The van der Waals surface area contributed by atoms with E-state index in [0.29, 0.717) is 0 Å². The van der Waals surface area contributed by atoms with Crippen molar-refractivity contribution in [3.8, 4) is 5.75 Å². The molecule has 1 aliphatic heterocycles. The lowest BCUT2D eigenvalue weighted by Gasteiger charge is -2.33. The van der Waals surface area contributed by atoms with E-state index in [1.54, 1.807) is 0 Å². The summed E-state index contributed by atoms with van der Waals surface area (Å²) in [6.45, 7) is 5.58. The molecule has 0 unspecified atom stereocenters. The van der Waals surface area contributed by atoms with E-state index in [0.717, 1.165) is 31.4 Å². The van der Waals surface area contributed by atoms with Gasteiger partial charge in [-0.25, -0.2) is 0 Å². The third kappa shape index (κ3) is 3.76. The summed E-state index contributed by atoms with van der Waals surface area (Å²) in [5.74, 6) is 0.986. The first kappa shape index (κ1) is 14.4. The van der Waals surface area contributed by atoms with Crippen molar-refractivity contribution in [2.75, 3.05) is 19.7 Å². The van der Waals surface area contributed by atoms with E-state index < -0.39 is 0 Å². The van der Waals surface area contributed by atoms with Crippen molar-refractivity contribution < 1.29 is 4.74 Å². The van der Waals surface area contributed by atoms with Crippen LogP contribution < -0.4 is 4.74 Å². The molecule has 0 aliphatic carbocycles. The summed E-state index contributed by atoms with van der Waals surface area (Å²) in [6, 6.07) is 15.5. The second-order valence-electron chi connectivity index (χ2n) is 6.09. The van der Waals surface area contributed by atoms with Crippen LogP contribution in [0.2, 0.25) is 0 Å². The van der Waals surface area contributed by atoms with Crippen LogP contribution in [0.15, 0.2) is 42.5 Å². The predicted octanol–water partition coefficient (Wildman–Crippen LogP) is 4.48. The van der Waals surface area contributed by atoms with Crippen molar-refractivity contribution in [1.82, 2.24) is 4.90 Å². The van der Waals surface area contributed by atoms with Gasteiger partial charge in [-0.2, -0.15) is 0 Å². The van der Waals surface area contributed by atoms with Gasteiger partial charge in [0.1, 0.15) is 5.75 Å². The van der Waals surface area contributed by atoms with Crippen LogP contribution in [0.4, 0.5) is 0 Å². The quantitative estimate of drug-likeness (QED) is 0.750. The first-order valence-electron chi connectivity index (χ1n) is 8.18. The van der Waals surface area contributed by atoms with Crippen LogP contribution in [0.1, 0.15) is 32.6 Å². The normalized spacial score (nSPS) is 19.8. The maximum absolute atomic E-state index is 5.91. The average molecular weight is 283 g/mol. The van der Waals surface area contributed by atoms with Crippen molar-refractivity contribution in [3.63, 3.8) is 0 Å². The number of hydrogen-bond acceptors (Lipinski definition) is 2. The molecule has 2 aromatic carbocycles. The van der Waals surface area contributed by atoms with E-state index in [4.69, 9.17) is 4.74 Å². The smallest absolute Gasteiger partial charge is 0.119 e. The number of hydrogen-bond donors (Lipinski definition) is 0. The maximum Gasteiger partial charge on any atom is 0.119 e. The van der Waals surface area contributed by atoms with Crippen molar-refractivity contribution in [3.05, 3.63) is 42.5 Å². The standard InChI is InChI=1S/C19H25NO/c1-16-7-4-5-12-20(16)13-6-14-21-19-11-10-17-8-2-3-9-18(17)15-19/h2-3,8-11,15-16H,4-7,12-14H2,1H3/t16-/m1/s1. The molecule has 0 aromatic heterocycles. The Balaban J connectivity index is 1.48. The first-order chi connectivity index (χ1) is 10.3. The van der Waals surface area contributed by atoms with Gasteiger partial charge in [-0.15, -0.1) is 0 Å². The van der Waals surface area contributed by atoms with Gasteiger partial charge in [0.2, 0.25) is 0 Å². The van der Waals surface area contributed by atoms with Crippen LogP contribution in [0.3, 0.4) is 0 Å². The molecule has 0 saturated carbocycles. The number of ether oxygens (including phenoxy) is 1. The molecule has 1 atom stereocenters. The highest BCUT2D eigenvalue weighted by atomic mass is 16.5. The SMILES string of the molecule is C[C@@H]1CCCCN1CCCOc1ccc2ccccc2c1. The van der Waals surface area contributed by atoms with E-state index in [1.165, 1.54) is 36.6 Å². The molecular weight excluding hydrogens is 258 g/mol. The zero-order valence-electron chi connectivity index (χ0n) is 12.9. The lowest BCUT2D eigenvalue weighted by Crippen LogP contribution is -2.38. The molecule has 0 N–H and O–H groups in total. The van der Waals surface area contributed by atoms with Gasteiger partial charge in [0, 0.05) is 12.6 Å². The fraction of sp³-hybridized carbons (Fsp3) is 0.474. The Hall–Kier alpha value is -1.54. The molecule has 2 heteroatoms. The molecular formula is C19H25NO. The number of piperidine rings is 1. The number of likely N-dealkylation sites (tertiary alicyclic amines) is 1. The van der Waals surface area contributed by atoms with Gasteiger partial charge in [-0.05, 0) is 55.6 Å². The average Bonchev–Trinajstić information content (AvgIpc) is 2.53. The minimum Gasteiger partial charge on any atom is -0.494 e. The van der Waals surface area contributed by atoms with Crippen molar-refractivity contribution in [2.45, 2.75) is 38.6 Å². The minimum absolute atomic E-state index is 0.749. The van der Waals surface area contributed by atoms with E-state index in [2.05, 4.69) is 54.3 Å². The molecule has 1 aliphatic rings. The molecule has 112 valence electrons. The minimum atomic E-state index is 0.749. The summed E-state index contributed by atoms with van der Waals surface area (Å²) >= 11 is 0. The van der Waals surface area contributed by atoms with Crippen LogP contribution in [-0.2, 0) is 0 Å². The fourth-order valence-corrected chi connectivity index (χ4v) is 3.20. The number of fused-ring (bicyclic) bond motifs is 1. The first-order valence-corrected chi connectivity index (χ1v) is 8.18. The molecule has 3 rings (SSSR count). The molecule has 0 amide bonds. The second-order valence-corrected chi connectivity index (χ2v) is 6.09. The molecule has 0 bridgehead atoms. The molecule has 1 fully saturated rings. The summed E-state index contributed by atoms with van der Waals surface area (Å²) in [7, 11) is 0. The summed E-state index contributed by atoms with van der Waals surface area (Å²) < 4.78 is 5.91. The zero-order chi connectivity index (χ0) is 14.5. The van der Waals surface area contributed by atoms with Crippen LogP contribution >= 0.6 is 0 Å². The predicted molar refractivity (Wildman–Crippen MR) is 88.9 cm³/mol. The van der Waals surface area contributed by atoms with Gasteiger partial charge in [0.05, 0.1) is 6.61 Å². The molecule has 1 saturated heterocycles. The van der Waals surface area contributed by atoms with E-state index in [9.17, 15) is 0 Å². The highest BCUT2D eigenvalue weighted by Crippen LogP contribution is 2.21. The monoisotopic (exact) mass is 283 g/mol. The Morgan fingerprint density at radius 2 is 1.95 bits per heavy atom. The maximum atomic E-state index is 5.91. The van der Waals surface area contributed by atoms with Crippen molar-refractivity contribution in [1.29, 1.82) is 0 Å². The van der Waals surface area contributed by atoms with E-state index in [-0.39, 0.29) is 0 Å². The molecule has 0 radical (unpaired) electrons. The summed E-state index contributed by atoms with van der Waals surface area (Å²) in [5.41, 5.74) is 0. The van der Waals surface area contributed by atoms with Crippen LogP contribution in [0.25, 0.3) is 10.8 Å². The number of nitrogens with zero attached hydrogens (tertiary/aromatic N) is 1. The fourth-order valence-electron chi connectivity index (χ4n) is 3.20. The third-order valence-electron chi connectivity index (χ3n) is 4.52. The largest absolute Gasteiger partial charge is 0.494 e. The molecule has 2 aromatic rings. The van der Waals surface area contributed by atoms with Crippen LogP contribution in [-0.4, -0.2) is 30.6 Å². The highest BCUT2D eigenvalue weighted by molar-refractivity contribution is 5.83. The Labute approximate surface area is 127 Å². The van der Waals surface area contributed by atoms with Gasteiger partial charge in [0.15, 0.2) is 0 Å². The molecule has 2 nitrogen and oxygen atoms in total. The highest BCUT2D eigenvalue weighted by Gasteiger charge is 2.17. The second kappa shape index (κ2) is 6.95. The number of rotatable bonds is 5. The Morgan fingerprint density at radius 1 is 1.10 bits per heavy atom. The lowest BCUT2D eigenvalue weighted by molar-refractivity contribution is 0.148. The van der Waals surface area contributed by atoms with E-state index >= 15 is 0 Å². The van der Waals surface area contributed by atoms with Gasteiger partial charge < -0.3 is 9.64 Å². The lowest BCUT2D eigenvalue weighted by atomic mass is 10.0. The van der Waals surface area contributed by atoms with Crippen LogP contribution in [0, 0.1) is 0 Å². The number of benzene rings is 2. The third-order valence-corrected chi connectivity index (χ3v) is 4.52. The summed E-state index contributed by atoms with van der Waals surface area (Å²) in [5, 5.41) is 2.52. The van der Waals surface area contributed by atoms with Crippen molar-refractivity contribution >= 4 is 10.8 Å². The topological polar surface area (TPSA) is 12.5 Å². The van der Waals surface area contributed by atoms with Gasteiger partial charge in [-0.3, -0.25) is 0 Å². The summed E-state index contributed by atoms with van der Waals surface area (Å²) in [6.07, 6.45) is 5.21. The van der Waals surface area contributed by atoms with Crippen LogP contribution in [0.5, 0.6) is 5.75 Å². The van der Waals surface area contributed by atoms with E-state index in [1.807, 2.05) is 0 Å². The molecule has 1 heterocycles. The molecule has 21 heavy (non-hydrogen) atoms.